The summed E-state index contributed by atoms with van der Waals surface area (Å²) in [7, 11) is 1.44. The van der Waals surface area contributed by atoms with Crippen LogP contribution >= 0.6 is 11.3 Å². The molecule has 1 aromatic carbocycles. The maximum Gasteiger partial charge on any atom is 0.410 e. The van der Waals surface area contributed by atoms with Crippen LogP contribution in [-0.4, -0.2) is 48.1 Å². The number of benzene rings is 1. The molecule has 2 fully saturated rings. The van der Waals surface area contributed by atoms with Crippen molar-refractivity contribution in [2.45, 2.75) is 76.7 Å². The molecule has 37 heavy (non-hydrogen) atoms. The Morgan fingerprint density at radius 3 is 2.32 bits per heavy atom. The van der Waals surface area contributed by atoms with Gasteiger partial charge in [0, 0.05) is 23.4 Å². The predicted molar refractivity (Wildman–Crippen MR) is 141 cm³/mol. The molecule has 2 aliphatic rings. The molecular formula is C28H37N3O5S. The van der Waals surface area contributed by atoms with Gasteiger partial charge in [0.2, 0.25) is 0 Å². The third-order valence-electron chi connectivity index (χ3n) is 8.36. The molecule has 0 radical (unpaired) electrons. The second-order valence-corrected chi connectivity index (χ2v) is 11.6. The number of aromatic nitrogens is 1. The van der Waals surface area contributed by atoms with Gasteiger partial charge in [-0.05, 0) is 63.4 Å². The zero-order chi connectivity index (χ0) is 26.6. The highest BCUT2D eigenvalue weighted by molar-refractivity contribution is 7.13. The molecule has 2 amide bonds. The lowest BCUT2D eigenvalue weighted by Crippen LogP contribution is -2.41. The summed E-state index contributed by atoms with van der Waals surface area (Å²) in [5.74, 6) is -0.489. The zero-order valence-corrected chi connectivity index (χ0v) is 22.8. The first-order chi connectivity index (χ1) is 17.7. The molecule has 0 spiro atoms. The summed E-state index contributed by atoms with van der Waals surface area (Å²) in [6.07, 6.45) is 5.13. The number of hydrogen-bond acceptors (Lipinski definition) is 7. The third-order valence-corrected chi connectivity index (χ3v) is 9.59. The van der Waals surface area contributed by atoms with E-state index in [0.717, 1.165) is 48.2 Å². The van der Waals surface area contributed by atoms with Gasteiger partial charge in [0.25, 0.3) is 5.91 Å². The second kappa shape index (κ2) is 11.2. The van der Waals surface area contributed by atoms with Gasteiger partial charge < -0.3 is 20.1 Å². The van der Waals surface area contributed by atoms with E-state index in [-0.39, 0.29) is 30.0 Å². The van der Waals surface area contributed by atoms with Crippen LogP contribution < -0.4 is 5.73 Å². The van der Waals surface area contributed by atoms with Crippen LogP contribution in [-0.2, 0) is 26.3 Å². The molecule has 1 saturated carbocycles. The Morgan fingerprint density at radius 2 is 1.76 bits per heavy atom. The fraction of sp³-hybridized carbons (Fsp3) is 0.571. The van der Waals surface area contributed by atoms with E-state index in [1.165, 1.54) is 18.4 Å². The summed E-state index contributed by atoms with van der Waals surface area (Å²) in [5, 5.41) is 0.337. The van der Waals surface area contributed by atoms with Crippen molar-refractivity contribution in [2.24, 2.45) is 11.1 Å². The van der Waals surface area contributed by atoms with Crippen molar-refractivity contribution >= 4 is 29.3 Å². The van der Waals surface area contributed by atoms with E-state index < -0.39 is 11.3 Å². The molecule has 200 valence electrons. The molecule has 2 aromatic rings. The first kappa shape index (κ1) is 27.1. The molecule has 2 N–H and O–H groups in total. The molecule has 2 heterocycles. The lowest BCUT2D eigenvalue weighted by molar-refractivity contribution is -0.154. The molecule has 0 unspecified atom stereocenters. The zero-order valence-electron chi connectivity index (χ0n) is 22.0. The summed E-state index contributed by atoms with van der Waals surface area (Å²) in [5.41, 5.74) is 6.88. The number of piperidine rings is 1. The molecule has 9 heteroatoms. The van der Waals surface area contributed by atoms with Crippen molar-refractivity contribution in [3.63, 3.8) is 0 Å². The number of nitrogens with zero attached hydrogens (tertiary/aromatic N) is 2. The number of carbonyl (C=O) groups is 3. The van der Waals surface area contributed by atoms with E-state index in [9.17, 15) is 14.4 Å². The SMILES string of the molecule is CCC1(c2nc(C(N)=O)sc2C2CCN(C(=O)OCc3ccccc3)CC2)CCC(C)(C(=O)OC)CC1. The average Bonchev–Trinajstić information content (AvgIpc) is 3.39. The molecule has 1 saturated heterocycles. The summed E-state index contributed by atoms with van der Waals surface area (Å²) in [4.78, 5) is 44.9. The Morgan fingerprint density at radius 1 is 1.11 bits per heavy atom. The Kier molecular flexibility index (Phi) is 8.21. The number of nitrogens with two attached hydrogens (primary N) is 1. The summed E-state index contributed by atoms with van der Waals surface area (Å²) in [6.45, 7) is 5.55. The highest BCUT2D eigenvalue weighted by Crippen LogP contribution is 2.52. The molecular weight excluding hydrogens is 490 g/mol. The first-order valence-electron chi connectivity index (χ1n) is 13.1. The maximum absolute atomic E-state index is 12.7. The van der Waals surface area contributed by atoms with E-state index >= 15 is 0 Å². The first-order valence-corrected chi connectivity index (χ1v) is 13.9. The number of ether oxygens (including phenoxy) is 2. The van der Waals surface area contributed by atoms with Crippen LogP contribution in [0.3, 0.4) is 0 Å². The topological polar surface area (TPSA) is 112 Å². The van der Waals surface area contributed by atoms with Crippen LogP contribution in [0.1, 0.15) is 90.6 Å². The van der Waals surface area contributed by atoms with E-state index in [1.807, 2.05) is 37.3 Å². The largest absolute Gasteiger partial charge is 0.469 e. The molecule has 0 atom stereocenters. The van der Waals surface area contributed by atoms with Crippen LogP contribution in [0, 0.1) is 5.41 Å². The summed E-state index contributed by atoms with van der Waals surface area (Å²) in [6, 6.07) is 9.65. The minimum Gasteiger partial charge on any atom is -0.469 e. The molecule has 8 nitrogen and oxygen atoms in total. The highest BCUT2D eigenvalue weighted by Gasteiger charge is 2.47. The van der Waals surface area contributed by atoms with Crippen molar-refractivity contribution in [3.05, 3.63) is 51.5 Å². The Bertz CT molecular complexity index is 1120. The van der Waals surface area contributed by atoms with Gasteiger partial charge in [-0.1, -0.05) is 37.3 Å². The van der Waals surface area contributed by atoms with E-state index in [0.29, 0.717) is 30.9 Å². The monoisotopic (exact) mass is 527 g/mol. The number of amides is 2. The van der Waals surface area contributed by atoms with Gasteiger partial charge in [-0.3, -0.25) is 9.59 Å². The minimum absolute atomic E-state index is 0.167. The fourth-order valence-corrected chi connectivity index (χ4v) is 6.92. The Labute approximate surface area is 222 Å². The van der Waals surface area contributed by atoms with Gasteiger partial charge in [-0.2, -0.15) is 0 Å². The van der Waals surface area contributed by atoms with Gasteiger partial charge in [0.05, 0.1) is 18.2 Å². The molecule has 4 rings (SSSR count). The Balaban J connectivity index is 1.47. The van der Waals surface area contributed by atoms with E-state index in [4.69, 9.17) is 20.2 Å². The van der Waals surface area contributed by atoms with E-state index in [1.54, 1.807) is 4.90 Å². The molecule has 1 aliphatic heterocycles. The summed E-state index contributed by atoms with van der Waals surface area (Å²) < 4.78 is 10.6. The lowest BCUT2D eigenvalue weighted by Gasteiger charge is -2.43. The molecule has 0 bridgehead atoms. The van der Waals surface area contributed by atoms with Gasteiger partial charge >= 0.3 is 12.1 Å². The number of methoxy groups -OCH3 is 1. The fourth-order valence-electron chi connectivity index (χ4n) is 5.72. The number of carbonyl (C=O) groups excluding carboxylic acids is 3. The third kappa shape index (κ3) is 5.66. The van der Waals surface area contributed by atoms with E-state index in [2.05, 4.69) is 6.92 Å². The van der Waals surface area contributed by atoms with Crippen LogP contribution in [0.5, 0.6) is 0 Å². The van der Waals surface area contributed by atoms with Crippen molar-refractivity contribution < 1.29 is 23.9 Å². The van der Waals surface area contributed by atoms with Crippen LogP contribution in [0.25, 0.3) is 0 Å². The quantitative estimate of drug-likeness (QED) is 0.498. The van der Waals surface area contributed by atoms with Crippen LogP contribution in [0.4, 0.5) is 4.79 Å². The number of hydrogen-bond donors (Lipinski definition) is 1. The van der Waals surface area contributed by atoms with Crippen LogP contribution in [0.15, 0.2) is 30.3 Å². The highest BCUT2D eigenvalue weighted by atomic mass is 32.1. The standard InChI is InChI=1S/C28H37N3O5S/c1-4-28(14-12-27(2,13-15-28)25(33)35-3)22-21(37-24(30-22)23(29)32)20-10-16-31(17-11-20)26(34)36-18-19-8-6-5-7-9-19/h5-9,20H,4,10-18H2,1-3H3,(H2,29,32). The second-order valence-electron chi connectivity index (χ2n) is 10.6. The molecule has 1 aliphatic carbocycles. The van der Waals surface area contributed by atoms with Gasteiger partial charge in [0.1, 0.15) is 6.61 Å². The minimum atomic E-state index is -0.513. The number of rotatable bonds is 7. The normalized spacial score (nSPS) is 24.5. The van der Waals surface area contributed by atoms with Crippen LogP contribution in [0.2, 0.25) is 0 Å². The smallest absolute Gasteiger partial charge is 0.410 e. The number of primary amides is 1. The van der Waals surface area contributed by atoms with Crippen molar-refractivity contribution in [1.82, 2.24) is 9.88 Å². The Hall–Kier alpha value is -2.94. The number of thiazole rings is 1. The summed E-state index contributed by atoms with van der Waals surface area (Å²) >= 11 is 1.40. The number of esters is 1. The van der Waals surface area contributed by atoms with Gasteiger partial charge in [-0.25, -0.2) is 9.78 Å². The van der Waals surface area contributed by atoms with Crippen molar-refractivity contribution in [2.75, 3.05) is 20.2 Å². The van der Waals surface area contributed by atoms with Gasteiger partial charge in [0.15, 0.2) is 5.01 Å². The van der Waals surface area contributed by atoms with Crippen molar-refractivity contribution in [1.29, 1.82) is 0 Å². The number of likely N-dealkylation sites (tertiary alicyclic amines) is 1. The van der Waals surface area contributed by atoms with Crippen molar-refractivity contribution in [3.8, 4) is 0 Å². The average molecular weight is 528 g/mol. The maximum atomic E-state index is 12.7. The predicted octanol–water partition coefficient (Wildman–Crippen LogP) is 5.16. The lowest BCUT2D eigenvalue weighted by atomic mass is 9.61. The van der Waals surface area contributed by atoms with Gasteiger partial charge in [-0.15, -0.1) is 11.3 Å². The molecule has 1 aromatic heterocycles.